The summed E-state index contributed by atoms with van der Waals surface area (Å²) in [4.78, 5) is 21.0. The first-order valence-electron chi connectivity index (χ1n) is 4.49. The molecule has 0 amide bonds. The van der Waals surface area contributed by atoms with Gasteiger partial charge in [-0.2, -0.15) is 0 Å². The fourth-order valence-electron chi connectivity index (χ4n) is 0.856. The van der Waals surface area contributed by atoms with Crippen molar-refractivity contribution in [1.29, 1.82) is 0 Å². The summed E-state index contributed by atoms with van der Waals surface area (Å²) >= 11 is 1.09. The Labute approximate surface area is 92.0 Å². The van der Waals surface area contributed by atoms with Crippen LogP contribution in [0.1, 0.15) is 12.8 Å². The second-order valence-corrected chi connectivity index (χ2v) is 4.39. The molecule has 0 saturated heterocycles. The molecule has 6 nitrogen and oxygen atoms in total. The Hall–Kier alpha value is -0.790. The van der Waals surface area contributed by atoms with Crippen LogP contribution in [0.4, 0.5) is 0 Å². The summed E-state index contributed by atoms with van der Waals surface area (Å²) in [6.07, 6.45) is 0.211. The average molecular weight is 236 g/mol. The van der Waals surface area contributed by atoms with E-state index in [1.165, 1.54) is 0 Å². The van der Waals surface area contributed by atoms with Crippen LogP contribution in [0.5, 0.6) is 0 Å². The summed E-state index contributed by atoms with van der Waals surface area (Å²) in [5, 5.41) is 16.3. The molecule has 0 spiro atoms. The molecular formula is C8H16N2O4S. The molecule has 0 saturated carbocycles. The van der Waals surface area contributed by atoms with Crippen LogP contribution in [0.25, 0.3) is 0 Å². The van der Waals surface area contributed by atoms with Gasteiger partial charge in [-0.25, -0.2) is 0 Å². The molecule has 0 fully saturated rings. The highest BCUT2D eigenvalue weighted by Crippen LogP contribution is 2.16. The van der Waals surface area contributed by atoms with Crippen LogP contribution in [0.15, 0.2) is 0 Å². The van der Waals surface area contributed by atoms with E-state index in [-0.39, 0.29) is 12.5 Å². The molecule has 2 unspecified atom stereocenters. The number of aliphatic carboxylic acids is 2. The fraction of sp³-hybridized carbons (Fsp3) is 0.750. The van der Waals surface area contributed by atoms with Gasteiger partial charge in [0.25, 0.3) is 0 Å². The molecule has 15 heavy (non-hydrogen) atoms. The highest BCUT2D eigenvalue weighted by Gasteiger charge is 2.21. The van der Waals surface area contributed by atoms with E-state index in [2.05, 4.69) is 0 Å². The normalized spacial score (nSPS) is 14.5. The van der Waals surface area contributed by atoms with Crippen LogP contribution in [0.3, 0.4) is 0 Å². The Morgan fingerprint density at radius 3 is 2.33 bits per heavy atom. The van der Waals surface area contributed by atoms with Crippen molar-refractivity contribution in [1.82, 2.24) is 0 Å². The van der Waals surface area contributed by atoms with Crippen molar-refractivity contribution in [2.75, 3.05) is 12.3 Å². The quantitative estimate of drug-likeness (QED) is 0.440. The first-order valence-corrected chi connectivity index (χ1v) is 5.54. The molecule has 0 aliphatic carbocycles. The summed E-state index contributed by atoms with van der Waals surface area (Å²) in [5.41, 5.74) is 10.8. The summed E-state index contributed by atoms with van der Waals surface area (Å²) in [6.45, 7) is 0.344. The van der Waals surface area contributed by atoms with Crippen LogP contribution in [-0.2, 0) is 9.59 Å². The summed E-state index contributed by atoms with van der Waals surface area (Å²) in [6, 6.07) is -0.156. The van der Waals surface area contributed by atoms with E-state index in [9.17, 15) is 9.59 Å². The lowest BCUT2D eigenvalue weighted by Gasteiger charge is -2.11. The van der Waals surface area contributed by atoms with E-state index in [1.54, 1.807) is 0 Å². The number of nitrogens with two attached hydrogens (primary N) is 2. The topological polar surface area (TPSA) is 127 Å². The van der Waals surface area contributed by atoms with Gasteiger partial charge in [0.15, 0.2) is 0 Å². The number of hydrogen-bond donors (Lipinski definition) is 4. The Morgan fingerprint density at radius 2 is 1.93 bits per heavy atom. The molecule has 6 N–H and O–H groups in total. The minimum absolute atomic E-state index is 0.156. The third-order valence-corrected chi connectivity index (χ3v) is 2.99. The smallest absolute Gasteiger partial charge is 0.317 e. The molecule has 0 aromatic rings. The Morgan fingerprint density at radius 1 is 1.33 bits per heavy atom. The molecule has 0 aromatic carbocycles. The SMILES string of the molecule is NCC(N)CCSC(CC(=O)O)C(=O)O. The molecule has 0 heterocycles. The second kappa shape index (κ2) is 7.49. The van der Waals surface area contributed by atoms with Gasteiger partial charge in [0.1, 0.15) is 5.25 Å². The minimum Gasteiger partial charge on any atom is -0.481 e. The van der Waals surface area contributed by atoms with Crippen molar-refractivity contribution in [2.45, 2.75) is 24.1 Å². The summed E-state index contributed by atoms with van der Waals surface area (Å²) < 4.78 is 0. The number of carbonyl (C=O) groups is 2. The van der Waals surface area contributed by atoms with E-state index in [1.807, 2.05) is 0 Å². The van der Waals surface area contributed by atoms with Gasteiger partial charge < -0.3 is 21.7 Å². The molecule has 0 aliphatic rings. The van der Waals surface area contributed by atoms with Crippen molar-refractivity contribution in [3.8, 4) is 0 Å². The zero-order valence-electron chi connectivity index (χ0n) is 8.26. The highest BCUT2D eigenvalue weighted by atomic mass is 32.2. The predicted molar refractivity (Wildman–Crippen MR) is 57.8 cm³/mol. The molecule has 0 aromatic heterocycles. The van der Waals surface area contributed by atoms with Crippen LogP contribution in [-0.4, -0.2) is 45.7 Å². The van der Waals surface area contributed by atoms with Crippen LogP contribution < -0.4 is 11.5 Å². The lowest BCUT2D eigenvalue weighted by molar-refractivity contribution is -0.142. The van der Waals surface area contributed by atoms with Gasteiger partial charge in [0.2, 0.25) is 0 Å². The summed E-state index contributed by atoms with van der Waals surface area (Å²) in [5.74, 6) is -1.72. The fourth-order valence-corrected chi connectivity index (χ4v) is 1.98. The molecular weight excluding hydrogens is 220 g/mol. The number of rotatable bonds is 8. The van der Waals surface area contributed by atoms with Crippen molar-refractivity contribution < 1.29 is 19.8 Å². The van der Waals surface area contributed by atoms with Gasteiger partial charge in [0, 0.05) is 12.6 Å². The van der Waals surface area contributed by atoms with Crippen molar-refractivity contribution >= 4 is 23.7 Å². The van der Waals surface area contributed by atoms with Crippen molar-refractivity contribution in [3.63, 3.8) is 0 Å². The van der Waals surface area contributed by atoms with Crippen molar-refractivity contribution in [2.24, 2.45) is 11.5 Å². The highest BCUT2D eigenvalue weighted by molar-refractivity contribution is 8.00. The Kier molecular flexibility index (Phi) is 7.10. The molecule has 0 radical (unpaired) electrons. The number of carboxylic acid groups (broad SMARTS) is 2. The minimum atomic E-state index is -1.11. The monoisotopic (exact) mass is 236 g/mol. The van der Waals surface area contributed by atoms with Crippen LogP contribution in [0.2, 0.25) is 0 Å². The maximum atomic E-state index is 10.6. The van der Waals surface area contributed by atoms with Crippen molar-refractivity contribution in [3.05, 3.63) is 0 Å². The van der Waals surface area contributed by atoms with Crippen LogP contribution in [0, 0.1) is 0 Å². The van der Waals surface area contributed by atoms with E-state index in [0.717, 1.165) is 11.8 Å². The Bertz CT molecular complexity index is 225. The third-order valence-electron chi connectivity index (χ3n) is 1.75. The van der Waals surface area contributed by atoms with Gasteiger partial charge in [0.05, 0.1) is 6.42 Å². The number of thioether (sulfide) groups is 1. The molecule has 7 heteroatoms. The molecule has 0 bridgehead atoms. The first-order chi connectivity index (χ1) is 6.97. The van der Waals surface area contributed by atoms with E-state index in [4.69, 9.17) is 21.7 Å². The molecule has 88 valence electrons. The lowest BCUT2D eigenvalue weighted by Crippen LogP contribution is -2.30. The van der Waals surface area contributed by atoms with Gasteiger partial charge in [-0.15, -0.1) is 11.8 Å². The molecule has 0 rings (SSSR count). The zero-order chi connectivity index (χ0) is 11.8. The zero-order valence-corrected chi connectivity index (χ0v) is 9.07. The van der Waals surface area contributed by atoms with E-state index >= 15 is 0 Å². The maximum Gasteiger partial charge on any atom is 0.317 e. The van der Waals surface area contributed by atoms with Gasteiger partial charge in [-0.3, -0.25) is 9.59 Å². The van der Waals surface area contributed by atoms with Gasteiger partial charge in [-0.1, -0.05) is 0 Å². The molecule has 0 aliphatic heterocycles. The second-order valence-electron chi connectivity index (χ2n) is 3.08. The van der Waals surface area contributed by atoms with Gasteiger partial charge in [-0.05, 0) is 12.2 Å². The van der Waals surface area contributed by atoms with Gasteiger partial charge >= 0.3 is 11.9 Å². The predicted octanol–water partition coefficient (Wildman–Crippen LogP) is -0.676. The number of carboxylic acids is 2. The molecule has 2 atom stereocenters. The standard InChI is InChI=1S/C8H16N2O4S/c9-4-5(10)1-2-15-6(8(13)14)3-7(11)12/h5-6H,1-4,9-10H2,(H,11,12)(H,13,14). The lowest BCUT2D eigenvalue weighted by atomic mass is 10.2. The summed E-state index contributed by atoms with van der Waals surface area (Å²) in [7, 11) is 0. The average Bonchev–Trinajstić information content (AvgIpc) is 2.15. The number of hydrogen-bond acceptors (Lipinski definition) is 5. The maximum absolute atomic E-state index is 10.6. The van der Waals surface area contributed by atoms with E-state index < -0.39 is 17.2 Å². The first kappa shape index (κ1) is 14.2. The largest absolute Gasteiger partial charge is 0.481 e. The van der Waals surface area contributed by atoms with Crippen LogP contribution >= 0.6 is 11.8 Å². The Balaban J connectivity index is 3.86. The third kappa shape index (κ3) is 7.18. The van der Waals surface area contributed by atoms with E-state index in [0.29, 0.717) is 18.7 Å².